The Morgan fingerprint density at radius 1 is 1.40 bits per heavy atom. The summed E-state index contributed by atoms with van der Waals surface area (Å²) in [6.45, 7) is 0. The van der Waals surface area contributed by atoms with Gasteiger partial charge >= 0.3 is 0 Å². The highest BCUT2D eigenvalue weighted by Gasteiger charge is 2.29. The van der Waals surface area contributed by atoms with Crippen molar-refractivity contribution in [2.45, 2.75) is 31.7 Å². The summed E-state index contributed by atoms with van der Waals surface area (Å²) in [4.78, 5) is 23.1. The topological polar surface area (TPSA) is 46.2 Å². The first-order valence-electron chi connectivity index (χ1n) is 5.39. The number of thioether (sulfide) groups is 1. The van der Waals surface area contributed by atoms with E-state index in [0.717, 1.165) is 31.4 Å². The smallest absolute Gasteiger partial charge is 0.224 e. The monoisotopic (exact) mass is 225 g/mol. The summed E-state index contributed by atoms with van der Waals surface area (Å²) in [5.41, 5.74) is 0. The van der Waals surface area contributed by atoms with Gasteiger partial charge in [-0.05, 0) is 25.7 Å². The average Bonchev–Trinajstić information content (AvgIpc) is 2.66. The third-order valence-electron chi connectivity index (χ3n) is 2.89. The van der Waals surface area contributed by atoms with Crippen molar-refractivity contribution >= 4 is 22.8 Å². The molecular formula is C11H15NO2S. The molecular weight excluding hydrogens is 210 g/mol. The van der Waals surface area contributed by atoms with E-state index in [1.165, 1.54) is 11.8 Å². The van der Waals surface area contributed by atoms with Crippen LogP contribution < -0.4 is 5.32 Å². The van der Waals surface area contributed by atoms with Gasteiger partial charge in [0.15, 0.2) is 0 Å². The van der Waals surface area contributed by atoms with Gasteiger partial charge in [0.1, 0.15) is 0 Å². The summed E-state index contributed by atoms with van der Waals surface area (Å²) in [7, 11) is 0. The molecule has 82 valence electrons. The van der Waals surface area contributed by atoms with Crippen LogP contribution in [0.25, 0.3) is 0 Å². The van der Waals surface area contributed by atoms with Crippen LogP contribution in [-0.2, 0) is 9.59 Å². The van der Waals surface area contributed by atoms with Gasteiger partial charge < -0.3 is 5.32 Å². The van der Waals surface area contributed by atoms with E-state index < -0.39 is 0 Å². The molecule has 1 heterocycles. The van der Waals surface area contributed by atoms with Crippen molar-refractivity contribution in [2.75, 3.05) is 5.75 Å². The van der Waals surface area contributed by atoms with E-state index in [2.05, 4.69) is 17.5 Å². The lowest BCUT2D eigenvalue weighted by atomic mass is 9.93. The molecule has 0 saturated carbocycles. The Bertz CT molecular complexity index is 301. The van der Waals surface area contributed by atoms with Crippen LogP contribution >= 0.6 is 11.8 Å². The van der Waals surface area contributed by atoms with Gasteiger partial charge in [-0.25, -0.2) is 0 Å². The Morgan fingerprint density at radius 2 is 2.27 bits per heavy atom. The standard InChI is InChI=1S/C11H15NO2S/c13-10(8-4-2-1-3-5-8)12-9-6-7-15-11(9)14/h1-2,8-9H,3-7H2,(H,12,13). The Morgan fingerprint density at radius 3 is 2.87 bits per heavy atom. The van der Waals surface area contributed by atoms with Crippen LogP contribution in [0, 0.1) is 5.92 Å². The zero-order valence-electron chi connectivity index (χ0n) is 8.57. The molecule has 0 bridgehead atoms. The molecule has 0 aromatic heterocycles. The molecule has 0 radical (unpaired) electrons. The van der Waals surface area contributed by atoms with Crippen molar-refractivity contribution in [3.63, 3.8) is 0 Å². The van der Waals surface area contributed by atoms with E-state index in [9.17, 15) is 9.59 Å². The molecule has 3 nitrogen and oxygen atoms in total. The van der Waals surface area contributed by atoms with E-state index >= 15 is 0 Å². The van der Waals surface area contributed by atoms with Crippen molar-refractivity contribution in [3.05, 3.63) is 12.2 Å². The minimum Gasteiger partial charge on any atom is -0.345 e. The number of hydrogen-bond donors (Lipinski definition) is 1. The second kappa shape index (κ2) is 4.84. The summed E-state index contributed by atoms with van der Waals surface area (Å²) >= 11 is 1.33. The first-order chi connectivity index (χ1) is 7.27. The number of allylic oxidation sites excluding steroid dienone is 2. The third kappa shape index (κ3) is 2.62. The van der Waals surface area contributed by atoms with Gasteiger partial charge in [0, 0.05) is 11.7 Å². The first kappa shape index (κ1) is 10.7. The SMILES string of the molecule is O=C(NC1CCSC1=O)C1CC=CCC1. The fourth-order valence-corrected chi connectivity index (χ4v) is 2.88. The lowest BCUT2D eigenvalue weighted by Gasteiger charge is -2.19. The van der Waals surface area contributed by atoms with Crippen LogP contribution in [0.1, 0.15) is 25.7 Å². The molecule has 4 heteroatoms. The number of amides is 1. The molecule has 1 aliphatic carbocycles. The Hall–Kier alpha value is -0.770. The number of hydrogen-bond acceptors (Lipinski definition) is 3. The van der Waals surface area contributed by atoms with Gasteiger partial charge in [0.05, 0.1) is 6.04 Å². The second-order valence-corrected chi connectivity index (χ2v) is 5.10. The van der Waals surface area contributed by atoms with Crippen LogP contribution in [0.5, 0.6) is 0 Å². The summed E-state index contributed by atoms with van der Waals surface area (Å²) < 4.78 is 0. The van der Waals surface area contributed by atoms with Crippen molar-refractivity contribution in [3.8, 4) is 0 Å². The van der Waals surface area contributed by atoms with Crippen molar-refractivity contribution in [1.29, 1.82) is 0 Å². The zero-order valence-corrected chi connectivity index (χ0v) is 9.39. The quantitative estimate of drug-likeness (QED) is 0.724. The third-order valence-corrected chi connectivity index (χ3v) is 3.90. The molecule has 1 fully saturated rings. The lowest BCUT2D eigenvalue weighted by Crippen LogP contribution is -2.41. The molecule has 0 aromatic carbocycles. The fraction of sp³-hybridized carbons (Fsp3) is 0.636. The first-order valence-corrected chi connectivity index (χ1v) is 6.38. The fourth-order valence-electron chi connectivity index (χ4n) is 1.95. The molecule has 1 N–H and O–H groups in total. The molecule has 2 aliphatic rings. The number of nitrogens with one attached hydrogen (secondary N) is 1. The van der Waals surface area contributed by atoms with Gasteiger partial charge in [-0.1, -0.05) is 23.9 Å². The highest BCUT2D eigenvalue weighted by Crippen LogP contribution is 2.22. The number of carbonyl (C=O) groups is 2. The Labute approximate surface area is 93.7 Å². The van der Waals surface area contributed by atoms with Crippen molar-refractivity contribution in [1.82, 2.24) is 5.32 Å². The largest absolute Gasteiger partial charge is 0.345 e. The minimum absolute atomic E-state index is 0.0557. The van der Waals surface area contributed by atoms with Crippen LogP contribution in [0.15, 0.2) is 12.2 Å². The van der Waals surface area contributed by atoms with Crippen LogP contribution in [0.3, 0.4) is 0 Å². The molecule has 2 atom stereocenters. The lowest BCUT2D eigenvalue weighted by molar-refractivity contribution is -0.128. The van der Waals surface area contributed by atoms with Gasteiger partial charge in [-0.3, -0.25) is 9.59 Å². The average molecular weight is 225 g/mol. The van der Waals surface area contributed by atoms with Crippen LogP contribution in [-0.4, -0.2) is 22.8 Å². The van der Waals surface area contributed by atoms with E-state index in [0.29, 0.717) is 0 Å². The van der Waals surface area contributed by atoms with E-state index in [4.69, 9.17) is 0 Å². The molecule has 1 amide bonds. The predicted molar refractivity (Wildman–Crippen MR) is 60.5 cm³/mol. The molecule has 0 aromatic rings. The number of rotatable bonds is 2. The summed E-state index contributed by atoms with van der Waals surface area (Å²) in [5.74, 6) is 0.975. The van der Waals surface area contributed by atoms with Crippen LogP contribution in [0.4, 0.5) is 0 Å². The zero-order chi connectivity index (χ0) is 10.7. The van der Waals surface area contributed by atoms with Gasteiger partial charge in [-0.2, -0.15) is 0 Å². The van der Waals surface area contributed by atoms with E-state index in [1.807, 2.05) is 0 Å². The highest BCUT2D eigenvalue weighted by molar-refractivity contribution is 8.14. The molecule has 2 rings (SSSR count). The predicted octanol–water partition coefficient (Wildman–Crippen LogP) is 1.49. The van der Waals surface area contributed by atoms with E-state index in [-0.39, 0.29) is 23.0 Å². The van der Waals surface area contributed by atoms with Crippen molar-refractivity contribution in [2.24, 2.45) is 5.92 Å². The molecule has 0 spiro atoms. The molecule has 1 aliphatic heterocycles. The maximum atomic E-state index is 11.8. The van der Waals surface area contributed by atoms with Gasteiger partial charge in [0.25, 0.3) is 0 Å². The molecule has 15 heavy (non-hydrogen) atoms. The summed E-state index contributed by atoms with van der Waals surface area (Å²) in [5, 5.41) is 2.98. The Kier molecular flexibility index (Phi) is 3.46. The van der Waals surface area contributed by atoms with Crippen LogP contribution in [0.2, 0.25) is 0 Å². The van der Waals surface area contributed by atoms with Gasteiger partial charge in [0.2, 0.25) is 11.0 Å². The second-order valence-electron chi connectivity index (χ2n) is 4.00. The maximum absolute atomic E-state index is 11.8. The molecule has 2 unspecified atom stereocenters. The van der Waals surface area contributed by atoms with E-state index in [1.54, 1.807) is 0 Å². The minimum atomic E-state index is -0.228. The number of carbonyl (C=O) groups excluding carboxylic acids is 2. The summed E-state index contributed by atoms with van der Waals surface area (Å²) in [6.07, 6.45) is 7.67. The van der Waals surface area contributed by atoms with Gasteiger partial charge in [-0.15, -0.1) is 0 Å². The summed E-state index contributed by atoms with van der Waals surface area (Å²) in [6, 6.07) is -0.228. The highest BCUT2D eigenvalue weighted by atomic mass is 32.2. The normalized spacial score (nSPS) is 30.5. The Balaban J connectivity index is 1.86. The maximum Gasteiger partial charge on any atom is 0.224 e. The van der Waals surface area contributed by atoms with Crippen molar-refractivity contribution < 1.29 is 9.59 Å². The molecule has 1 saturated heterocycles.